The maximum Gasteiger partial charge on any atom is 0.298 e. The molecule has 1 heterocycles. The fourth-order valence-electron chi connectivity index (χ4n) is 2.73. The average Bonchev–Trinajstić information content (AvgIpc) is 2.89. The zero-order valence-corrected chi connectivity index (χ0v) is 10.8. The van der Waals surface area contributed by atoms with Crippen molar-refractivity contribution in [2.75, 3.05) is 0 Å². The van der Waals surface area contributed by atoms with Crippen LogP contribution >= 0.6 is 0 Å². The van der Waals surface area contributed by atoms with E-state index in [4.69, 9.17) is 9.15 Å². The molecule has 4 nitrogen and oxygen atoms in total. The number of benzene rings is 1. The van der Waals surface area contributed by atoms with Gasteiger partial charge in [0, 0.05) is 5.56 Å². The molecule has 19 heavy (non-hydrogen) atoms. The lowest BCUT2D eigenvalue weighted by Crippen LogP contribution is -2.01. The van der Waals surface area contributed by atoms with Gasteiger partial charge in [0.1, 0.15) is 0 Å². The van der Waals surface area contributed by atoms with Crippen molar-refractivity contribution in [3.8, 4) is 5.75 Å². The van der Waals surface area contributed by atoms with Crippen LogP contribution in [0.4, 0.5) is 0 Å². The van der Waals surface area contributed by atoms with E-state index in [0.717, 1.165) is 18.4 Å². The summed E-state index contributed by atoms with van der Waals surface area (Å²) in [5.41, 5.74) is 4.84. The number of allylic oxidation sites excluding steroid dienone is 2. The smallest absolute Gasteiger partial charge is 0.298 e. The summed E-state index contributed by atoms with van der Waals surface area (Å²) in [6, 6.07) is 3.83. The standard InChI is InChI=1S/C15H15NO3/c1-10-4-2-3-5-11(10)12-6-7-13-14(16-8-18-13)15(12)19-9-17/h6-9H,2-5H2,1H3. The van der Waals surface area contributed by atoms with Crippen LogP contribution in [0.2, 0.25) is 0 Å². The number of carbonyl (C=O) groups is 1. The number of ether oxygens (including phenoxy) is 1. The van der Waals surface area contributed by atoms with E-state index in [1.807, 2.05) is 12.1 Å². The monoisotopic (exact) mass is 257 g/mol. The Hall–Kier alpha value is -2.10. The van der Waals surface area contributed by atoms with Gasteiger partial charge in [-0.3, -0.25) is 4.79 Å². The lowest BCUT2D eigenvalue weighted by molar-refractivity contribution is -0.120. The minimum Gasteiger partial charge on any atom is -0.443 e. The Kier molecular flexibility index (Phi) is 3.07. The van der Waals surface area contributed by atoms with Gasteiger partial charge in [-0.25, -0.2) is 4.98 Å². The fraction of sp³-hybridized carbons (Fsp3) is 0.333. The van der Waals surface area contributed by atoms with E-state index >= 15 is 0 Å². The molecule has 1 aliphatic rings. The maximum atomic E-state index is 10.8. The Labute approximate surface area is 111 Å². The number of oxazole rings is 1. The molecule has 1 aliphatic carbocycles. The third-order valence-corrected chi connectivity index (χ3v) is 3.69. The second-order valence-corrected chi connectivity index (χ2v) is 4.82. The number of fused-ring (bicyclic) bond motifs is 1. The van der Waals surface area contributed by atoms with Crippen molar-refractivity contribution in [1.29, 1.82) is 0 Å². The molecule has 3 rings (SSSR count). The third-order valence-electron chi connectivity index (χ3n) is 3.69. The van der Waals surface area contributed by atoms with Crippen molar-refractivity contribution in [2.24, 2.45) is 0 Å². The molecule has 0 amide bonds. The number of nitrogens with zero attached hydrogens (tertiary/aromatic N) is 1. The molecule has 1 aromatic carbocycles. The van der Waals surface area contributed by atoms with Crippen molar-refractivity contribution in [3.05, 3.63) is 29.7 Å². The van der Waals surface area contributed by atoms with E-state index < -0.39 is 0 Å². The molecule has 0 saturated carbocycles. The summed E-state index contributed by atoms with van der Waals surface area (Å²) in [6.45, 7) is 2.60. The quantitative estimate of drug-likeness (QED) is 0.786. The molecule has 0 saturated heterocycles. The normalized spacial score (nSPS) is 15.8. The molecule has 0 unspecified atom stereocenters. The predicted octanol–water partition coefficient (Wildman–Crippen LogP) is 3.71. The minimum absolute atomic E-state index is 0.450. The second kappa shape index (κ2) is 4.88. The van der Waals surface area contributed by atoms with Gasteiger partial charge in [0.2, 0.25) is 0 Å². The number of aromatic nitrogens is 1. The van der Waals surface area contributed by atoms with Crippen LogP contribution in [0, 0.1) is 0 Å². The lowest BCUT2D eigenvalue weighted by Gasteiger charge is -2.19. The van der Waals surface area contributed by atoms with Crippen LogP contribution in [0.5, 0.6) is 5.75 Å². The van der Waals surface area contributed by atoms with Gasteiger partial charge in [0.25, 0.3) is 6.47 Å². The van der Waals surface area contributed by atoms with Crippen LogP contribution in [0.3, 0.4) is 0 Å². The van der Waals surface area contributed by atoms with Gasteiger partial charge in [-0.1, -0.05) is 5.57 Å². The fourth-order valence-corrected chi connectivity index (χ4v) is 2.73. The first-order valence-electron chi connectivity index (χ1n) is 6.46. The first kappa shape index (κ1) is 12.0. The first-order valence-corrected chi connectivity index (χ1v) is 6.46. The van der Waals surface area contributed by atoms with Gasteiger partial charge >= 0.3 is 0 Å². The summed E-state index contributed by atoms with van der Waals surface area (Å²) >= 11 is 0. The van der Waals surface area contributed by atoms with Gasteiger partial charge in [0.15, 0.2) is 23.2 Å². The van der Waals surface area contributed by atoms with Crippen LogP contribution < -0.4 is 4.74 Å². The van der Waals surface area contributed by atoms with E-state index in [1.165, 1.54) is 30.4 Å². The first-order chi connectivity index (χ1) is 9.31. The molecule has 2 aromatic rings. The summed E-state index contributed by atoms with van der Waals surface area (Å²) in [5.74, 6) is 0.512. The molecule has 4 heteroatoms. The van der Waals surface area contributed by atoms with E-state index in [-0.39, 0.29) is 0 Å². The van der Waals surface area contributed by atoms with Crippen LogP contribution in [-0.2, 0) is 4.79 Å². The van der Waals surface area contributed by atoms with Crippen LogP contribution in [0.25, 0.3) is 16.7 Å². The Morgan fingerprint density at radius 2 is 2.16 bits per heavy atom. The number of carbonyl (C=O) groups excluding carboxylic acids is 1. The maximum absolute atomic E-state index is 10.8. The number of hydrogen-bond donors (Lipinski definition) is 0. The molecule has 0 aliphatic heterocycles. The third kappa shape index (κ3) is 2.03. The molecule has 0 bridgehead atoms. The molecule has 0 radical (unpaired) electrons. The SMILES string of the molecule is CC1=C(c2ccc3ocnc3c2OC=O)CCCC1. The molecule has 0 spiro atoms. The van der Waals surface area contributed by atoms with Gasteiger partial charge in [-0.2, -0.15) is 0 Å². The van der Waals surface area contributed by atoms with E-state index in [1.54, 1.807) is 0 Å². The molecule has 1 aromatic heterocycles. The molecule has 0 fully saturated rings. The molecule has 98 valence electrons. The van der Waals surface area contributed by atoms with Crippen molar-refractivity contribution in [2.45, 2.75) is 32.6 Å². The van der Waals surface area contributed by atoms with Gasteiger partial charge < -0.3 is 9.15 Å². The van der Waals surface area contributed by atoms with Crippen molar-refractivity contribution in [3.63, 3.8) is 0 Å². The van der Waals surface area contributed by atoms with Gasteiger partial charge in [-0.15, -0.1) is 0 Å². The van der Waals surface area contributed by atoms with Crippen molar-refractivity contribution >= 4 is 23.1 Å². The van der Waals surface area contributed by atoms with Crippen LogP contribution in [0.1, 0.15) is 38.2 Å². The summed E-state index contributed by atoms with van der Waals surface area (Å²) in [6.07, 6.45) is 5.89. The summed E-state index contributed by atoms with van der Waals surface area (Å²) in [5, 5.41) is 0. The second-order valence-electron chi connectivity index (χ2n) is 4.82. The Balaban J connectivity index is 2.22. The Morgan fingerprint density at radius 3 is 2.95 bits per heavy atom. The van der Waals surface area contributed by atoms with Crippen molar-refractivity contribution < 1.29 is 13.9 Å². The molecular weight excluding hydrogens is 242 g/mol. The predicted molar refractivity (Wildman–Crippen MR) is 71.8 cm³/mol. The van der Waals surface area contributed by atoms with Gasteiger partial charge in [-0.05, 0) is 50.3 Å². The zero-order chi connectivity index (χ0) is 13.2. The van der Waals surface area contributed by atoms with Crippen LogP contribution in [-0.4, -0.2) is 11.5 Å². The summed E-state index contributed by atoms with van der Waals surface area (Å²) in [4.78, 5) is 14.9. The zero-order valence-electron chi connectivity index (χ0n) is 10.8. The minimum atomic E-state index is 0.450. The highest BCUT2D eigenvalue weighted by Gasteiger charge is 2.19. The van der Waals surface area contributed by atoms with E-state index in [0.29, 0.717) is 23.3 Å². The number of hydrogen-bond acceptors (Lipinski definition) is 4. The highest BCUT2D eigenvalue weighted by atomic mass is 16.5. The highest BCUT2D eigenvalue weighted by Crippen LogP contribution is 2.39. The van der Waals surface area contributed by atoms with Crippen LogP contribution in [0.15, 0.2) is 28.5 Å². The largest absolute Gasteiger partial charge is 0.443 e. The average molecular weight is 257 g/mol. The van der Waals surface area contributed by atoms with E-state index in [2.05, 4.69) is 11.9 Å². The number of rotatable bonds is 3. The molecular formula is C15H15NO3. The lowest BCUT2D eigenvalue weighted by atomic mass is 9.87. The van der Waals surface area contributed by atoms with Crippen molar-refractivity contribution in [1.82, 2.24) is 4.98 Å². The Morgan fingerprint density at radius 1 is 1.32 bits per heavy atom. The van der Waals surface area contributed by atoms with E-state index in [9.17, 15) is 4.79 Å². The van der Waals surface area contributed by atoms with Gasteiger partial charge in [0.05, 0.1) is 0 Å². The highest BCUT2D eigenvalue weighted by molar-refractivity contribution is 5.89. The summed E-state index contributed by atoms with van der Waals surface area (Å²) in [7, 11) is 0. The Bertz CT molecular complexity index is 654. The topological polar surface area (TPSA) is 52.3 Å². The summed E-state index contributed by atoms with van der Waals surface area (Å²) < 4.78 is 10.4. The molecule has 0 atom stereocenters. The molecule has 0 N–H and O–H groups in total.